The van der Waals surface area contributed by atoms with Gasteiger partial charge in [-0.15, -0.1) is 0 Å². The number of piperidine rings is 1. The molecule has 0 aromatic heterocycles. The first-order chi connectivity index (χ1) is 8.27. The Labute approximate surface area is 102 Å². The zero-order valence-electron chi connectivity index (χ0n) is 10.2. The van der Waals surface area contributed by atoms with Crippen molar-refractivity contribution in [3.8, 4) is 0 Å². The quantitative estimate of drug-likeness (QED) is 0.806. The summed E-state index contributed by atoms with van der Waals surface area (Å²) in [5.74, 6) is -0.320. The van der Waals surface area contributed by atoms with Crippen LogP contribution in [0.2, 0.25) is 0 Å². The predicted molar refractivity (Wildman–Crippen MR) is 65.8 cm³/mol. The molecule has 92 valence electrons. The molecule has 0 radical (unpaired) electrons. The predicted octanol–water partition coefficient (Wildman–Crippen LogP) is 2.16. The standard InChI is InChI=1S/C14H19NO2/c1-11-3-2-4-12(9-11)13-10-14(5-6-15-13)16-7-8-17-14/h2-4,9,13,15H,5-8,10H2,1H3. The maximum atomic E-state index is 5.80. The summed E-state index contributed by atoms with van der Waals surface area (Å²) in [6.45, 7) is 4.56. The number of ether oxygens (including phenoxy) is 2. The van der Waals surface area contributed by atoms with Crippen LogP contribution in [0.3, 0.4) is 0 Å². The van der Waals surface area contributed by atoms with Gasteiger partial charge in [-0.2, -0.15) is 0 Å². The van der Waals surface area contributed by atoms with E-state index in [0.717, 1.165) is 32.6 Å². The summed E-state index contributed by atoms with van der Waals surface area (Å²) in [6, 6.07) is 9.01. The van der Waals surface area contributed by atoms with Gasteiger partial charge >= 0.3 is 0 Å². The highest BCUT2D eigenvalue weighted by Gasteiger charge is 2.41. The van der Waals surface area contributed by atoms with Gasteiger partial charge in [-0.3, -0.25) is 0 Å². The van der Waals surface area contributed by atoms with Gasteiger partial charge in [0.05, 0.1) is 13.2 Å². The molecule has 1 aromatic carbocycles. The van der Waals surface area contributed by atoms with Crippen molar-refractivity contribution in [3.05, 3.63) is 35.4 Å². The van der Waals surface area contributed by atoms with Crippen LogP contribution in [0.5, 0.6) is 0 Å². The van der Waals surface area contributed by atoms with Crippen molar-refractivity contribution in [1.29, 1.82) is 0 Å². The van der Waals surface area contributed by atoms with Crippen molar-refractivity contribution >= 4 is 0 Å². The van der Waals surface area contributed by atoms with Crippen LogP contribution < -0.4 is 5.32 Å². The van der Waals surface area contributed by atoms with E-state index >= 15 is 0 Å². The Bertz CT molecular complexity index is 399. The molecular weight excluding hydrogens is 214 g/mol. The van der Waals surface area contributed by atoms with Gasteiger partial charge in [0, 0.05) is 25.4 Å². The SMILES string of the molecule is Cc1cccc(C2CC3(CCN2)OCCO3)c1. The molecule has 17 heavy (non-hydrogen) atoms. The van der Waals surface area contributed by atoms with E-state index < -0.39 is 0 Å². The molecule has 3 rings (SSSR count). The first-order valence-electron chi connectivity index (χ1n) is 6.35. The summed E-state index contributed by atoms with van der Waals surface area (Å²) in [7, 11) is 0. The Kier molecular flexibility index (Phi) is 2.90. The van der Waals surface area contributed by atoms with E-state index in [1.165, 1.54) is 11.1 Å². The van der Waals surface area contributed by atoms with Crippen molar-refractivity contribution in [2.75, 3.05) is 19.8 Å². The van der Waals surface area contributed by atoms with Gasteiger partial charge in [-0.25, -0.2) is 0 Å². The molecule has 1 unspecified atom stereocenters. The number of hydrogen-bond acceptors (Lipinski definition) is 3. The minimum Gasteiger partial charge on any atom is -0.347 e. The number of hydrogen-bond donors (Lipinski definition) is 1. The Hall–Kier alpha value is -0.900. The third kappa shape index (κ3) is 2.23. The molecule has 0 bridgehead atoms. The molecule has 1 atom stereocenters. The smallest absolute Gasteiger partial charge is 0.171 e. The highest BCUT2D eigenvalue weighted by molar-refractivity contribution is 5.25. The summed E-state index contributed by atoms with van der Waals surface area (Å²) in [6.07, 6.45) is 1.87. The zero-order valence-corrected chi connectivity index (χ0v) is 10.2. The van der Waals surface area contributed by atoms with Gasteiger partial charge in [0.2, 0.25) is 0 Å². The van der Waals surface area contributed by atoms with Gasteiger partial charge in [-0.1, -0.05) is 29.8 Å². The van der Waals surface area contributed by atoms with Crippen LogP contribution >= 0.6 is 0 Å². The minimum absolute atomic E-state index is 0.320. The second-order valence-corrected chi connectivity index (χ2v) is 4.98. The molecule has 0 aliphatic carbocycles. The lowest BCUT2D eigenvalue weighted by Gasteiger charge is -2.37. The first-order valence-corrected chi connectivity index (χ1v) is 6.35. The largest absolute Gasteiger partial charge is 0.347 e. The van der Waals surface area contributed by atoms with E-state index in [-0.39, 0.29) is 5.79 Å². The van der Waals surface area contributed by atoms with E-state index in [0.29, 0.717) is 6.04 Å². The molecule has 0 saturated carbocycles. The van der Waals surface area contributed by atoms with E-state index in [1.54, 1.807) is 0 Å². The summed E-state index contributed by atoms with van der Waals surface area (Å²) in [4.78, 5) is 0. The molecular formula is C14H19NO2. The van der Waals surface area contributed by atoms with Crippen molar-refractivity contribution in [2.45, 2.75) is 31.6 Å². The van der Waals surface area contributed by atoms with Crippen LogP contribution in [0.1, 0.15) is 30.0 Å². The molecule has 1 N–H and O–H groups in total. The normalized spacial score (nSPS) is 27.5. The van der Waals surface area contributed by atoms with Crippen LogP contribution in [-0.4, -0.2) is 25.5 Å². The summed E-state index contributed by atoms with van der Waals surface area (Å²) < 4.78 is 11.6. The van der Waals surface area contributed by atoms with E-state index in [9.17, 15) is 0 Å². The number of nitrogens with one attached hydrogen (secondary N) is 1. The second-order valence-electron chi connectivity index (χ2n) is 4.98. The van der Waals surface area contributed by atoms with Crippen molar-refractivity contribution in [2.24, 2.45) is 0 Å². The van der Waals surface area contributed by atoms with Gasteiger partial charge in [0.1, 0.15) is 0 Å². The van der Waals surface area contributed by atoms with Crippen molar-refractivity contribution in [1.82, 2.24) is 5.32 Å². The molecule has 1 aromatic rings. The molecule has 1 spiro atoms. The fourth-order valence-corrected chi connectivity index (χ4v) is 2.80. The fraction of sp³-hybridized carbons (Fsp3) is 0.571. The molecule has 3 heteroatoms. The Morgan fingerprint density at radius 1 is 1.29 bits per heavy atom. The molecule has 3 nitrogen and oxygen atoms in total. The van der Waals surface area contributed by atoms with Gasteiger partial charge in [0.15, 0.2) is 5.79 Å². The summed E-state index contributed by atoms with van der Waals surface area (Å²) in [5.41, 5.74) is 2.64. The number of rotatable bonds is 1. The highest BCUT2D eigenvalue weighted by atomic mass is 16.7. The minimum atomic E-state index is -0.320. The Morgan fingerprint density at radius 2 is 2.12 bits per heavy atom. The molecule has 0 amide bonds. The molecule has 2 aliphatic heterocycles. The van der Waals surface area contributed by atoms with Gasteiger partial charge in [0.25, 0.3) is 0 Å². The fourth-order valence-electron chi connectivity index (χ4n) is 2.80. The third-order valence-electron chi connectivity index (χ3n) is 3.67. The summed E-state index contributed by atoms with van der Waals surface area (Å²) >= 11 is 0. The Balaban J connectivity index is 1.79. The van der Waals surface area contributed by atoms with Crippen LogP contribution in [-0.2, 0) is 9.47 Å². The zero-order chi connectivity index (χ0) is 11.7. The van der Waals surface area contributed by atoms with Crippen molar-refractivity contribution < 1.29 is 9.47 Å². The lowest BCUT2D eigenvalue weighted by molar-refractivity contribution is -0.180. The topological polar surface area (TPSA) is 30.5 Å². The van der Waals surface area contributed by atoms with Crippen molar-refractivity contribution in [3.63, 3.8) is 0 Å². The first kappa shape index (κ1) is 11.2. The van der Waals surface area contributed by atoms with E-state index in [1.807, 2.05) is 0 Å². The molecule has 2 saturated heterocycles. The number of aryl methyl sites for hydroxylation is 1. The Morgan fingerprint density at radius 3 is 2.88 bits per heavy atom. The maximum Gasteiger partial charge on any atom is 0.171 e. The lowest BCUT2D eigenvalue weighted by atomic mass is 9.92. The van der Waals surface area contributed by atoms with Gasteiger partial charge < -0.3 is 14.8 Å². The second kappa shape index (κ2) is 4.41. The third-order valence-corrected chi connectivity index (χ3v) is 3.67. The summed E-state index contributed by atoms with van der Waals surface area (Å²) in [5, 5.41) is 3.55. The van der Waals surface area contributed by atoms with Crippen LogP contribution in [0.4, 0.5) is 0 Å². The molecule has 2 heterocycles. The van der Waals surface area contributed by atoms with Crippen LogP contribution in [0.25, 0.3) is 0 Å². The number of benzene rings is 1. The average Bonchev–Trinajstić information content (AvgIpc) is 2.77. The highest BCUT2D eigenvalue weighted by Crippen LogP contribution is 2.36. The monoisotopic (exact) mass is 233 g/mol. The lowest BCUT2D eigenvalue weighted by Crippen LogP contribution is -2.44. The van der Waals surface area contributed by atoms with Crippen LogP contribution in [0.15, 0.2) is 24.3 Å². The molecule has 2 aliphatic rings. The van der Waals surface area contributed by atoms with Gasteiger partial charge in [-0.05, 0) is 12.5 Å². The van der Waals surface area contributed by atoms with E-state index in [4.69, 9.17) is 9.47 Å². The maximum absolute atomic E-state index is 5.80. The average molecular weight is 233 g/mol. The van der Waals surface area contributed by atoms with Crippen LogP contribution in [0, 0.1) is 6.92 Å². The molecule has 2 fully saturated rings. The van der Waals surface area contributed by atoms with E-state index in [2.05, 4.69) is 36.5 Å².